The number of imidazole rings is 1. The standard InChI is InChI=1S/C20H27ClN4O/c1-23(2)11-4-13-24-14-10-22-19(24)17-5-3-12-25(15-17)20(26)16-6-8-18(21)9-7-16/h6-10,14,17H,3-5,11-13,15H2,1-2H3/t17-/m0/s1. The molecule has 1 aromatic heterocycles. The highest BCUT2D eigenvalue weighted by molar-refractivity contribution is 6.30. The molecule has 3 rings (SSSR count). The van der Waals surface area contributed by atoms with Crippen molar-refractivity contribution in [3.05, 3.63) is 53.1 Å². The van der Waals surface area contributed by atoms with Crippen LogP contribution in [0.1, 0.15) is 41.4 Å². The first-order valence-corrected chi connectivity index (χ1v) is 9.63. The van der Waals surface area contributed by atoms with Crippen molar-refractivity contribution in [1.82, 2.24) is 19.4 Å². The van der Waals surface area contributed by atoms with Crippen molar-refractivity contribution in [2.45, 2.75) is 31.7 Å². The summed E-state index contributed by atoms with van der Waals surface area (Å²) in [5.74, 6) is 1.49. The number of amides is 1. The third-order valence-corrected chi connectivity index (χ3v) is 5.17. The van der Waals surface area contributed by atoms with Crippen molar-refractivity contribution in [3.8, 4) is 0 Å². The van der Waals surface area contributed by atoms with Crippen molar-refractivity contribution in [3.63, 3.8) is 0 Å². The predicted octanol–water partition coefficient (Wildman–Crippen LogP) is 3.51. The van der Waals surface area contributed by atoms with Crippen LogP contribution in [0, 0.1) is 0 Å². The summed E-state index contributed by atoms with van der Waals surface area (Å²) >= 11 is 5.93. The van der Waals surface area contributed by atoms with Crippen LogP contribution in [0.2, 0.25) is 5.02 Å². The van der Waals surface area contributed by atoms with Crippen LogP contribution in [0.3, 0.4) is 0 Å². The lowest BCUT2D eigenvalue weighted by Gasteiger charge is -2.33. The molecule has 1 aliphatic heterocycles. The lowest BCUT2D eigenvalue weighted by Crippen LogP contribution is -2.39. The molecule has 2 heterocycles. The van der Waals surface area contributed by atoms with Gasteiger partial charge in [-0.1, -0.05) is 11.6 Å². The molecule has 1 fully saturated rings. The van der Waals surface area contributed by atoms with E-state index in [1.165, 1.54) is 0 Å². The van der Waals surface area contributed by atoms with E-state index in [9.17, 15) is 4.79 Å². The molecule has 26 heavy (non-hydrogen) atoms. The van der Waals surface area contributed by atoms with E-state index >= 15 is 0 Å². The van der Waals surface area contributed by atoms with Gasteiger partial charge in [0, 0.05) is 48.5 Å². The lowest BCUT2D eigenvalue weighted by atomic mass is 9.96. The van der Waals surface area contributed by atoms with E-state index in [1.54, 1.807) is 24.3 Å². The van der Waals surface area contributed by atoms with E-state index in [0.717, 1.165) is 51.3 Å². The highest BCUT2D eigenvalue weighted by Crippen LogP contribution is 2.27. The summed E-state index contributed by atoms with van der Waals surface area (Å²) in [5, 5.41) is 0.651. The Morgan fingerprint density at radius 2 is 2.08 bits per heavy atom. The molecule has 0 spiro atoms. The summed E-state index contributed by atoms with van der Waals surface area (Å²) in [6, 6.07) is 7.15. The van der Waals surface area contributed by atoms with Crippen molar-refractivity contribution in [1.29, 1.82) is 0 Å². The summed E-state index contributed by atoms with van der Waals surface area (Å²) in [5.41, 5.74) is 0.698. The van der Waals surface area contributed by atoms with Gasteiger partial charge in [0.25, 0.3) is 5.91 Å². The van der Waals surface area contributed by atoms with E-state index in [2.05, 4.69) is 34.7 Å². The number of piperidine rings is 1. The molecule has 0 N–H and O–H groups in total. The summed E-state index contributed by atoms with van der Waals surface area (Å²) in [7, 11) is 4.19. The molecule has 6 heteroatoms. The normalized spacial score (nSPS) is 17.7. The number of rotatable bonds is 6. The number of hydrogen-bond donors (Lipinski definition) is 0. The van der Waals surface area contributed by atoms with Crippen LogP contribution in [0.4, 0.5) is 0 Å². The van der Waals surface area contributed by atoms with Crippen LogP contribution in [0.25, 0.3) is 0 Å². The molecule has 0 bridgehead atoms. The Morgan fingerprint density at radius 1 is 1.31 bits per heavy atom. The van der Waals surface area contributed by atoms with Crippen molar-refractivity contribution in [2.24, 2.45) is 0 Å². The molecule has 0 saturated carbocycles. The number of halogens is 1. The zero-order valence-corrected chi connectivity index (χ0v) is 16.3. The second-order valence-electron chi connectivity index (χ2n) is 7.23. The lowest BCUT2D eigenvalue weighted by molar-refractivity contribution is 0.0703. The fourth-order valence-corrected chi connectivity index (χ4v) is 3.70. The fraction of sp³-hybridized carbons (Fsp3) is 0.500. The minimum Gasteiger partial charge on any atom is -0.338 e. The largest absolute Gasteiger partial charge is 0.338 e. The molecule has 1 amide bonds. The second-order valence-corrected chi connectivity index (χ2v) is 7.67. The summed E-state index contributed by atoms with van der Waals surface area (Å²) in [6.07, 6.45) is 7.12. The number of carbonyl (C=O) groups excluding carboxylic acids is 1. The van der Waals surface area contributed by atoms with Crippen LogP contribution in [0.15, 0.2) is 36.7 Å². The van der Waals surface area contributed by atoms with E-state index < -0.39 is 0 Å². The second kappa shape index (κ2) is 8.69. The van der Waals surface area contributed by atoms with Gasteiger partial charge >= 0.3 is 0 Å². The van der Waals surface area contributed by atoms with Gasteiger partial charge < -0.3 is 14.4 Å². The van der Waals surface area contributed by atoms with Crippen LogP contribution in [-0.4, -0.2) is 59.0 Å². The maximum Gasteiger partial charge on any atom is 0.253 e. The van der Waals surface area contributed by atoms with Crippen molar-refractivity contribution >= 4 is 17.5 Å². The quantitative estimate of drug-likeness (QED) is 0.777. The topological polar surface area (TPSA) is 41.4 Å². The first-order chi connectivity index (χ1) is 12.5. The number of aromatic nitrogens is 2. The Hall–Kier alpha value is -1.85. The average Bonchev–Trinajstić information content (AvgIpc) is 3.10. The molecular weight excluding hydrogens is 348 g/mol. The van der Waals surface area contributed by atoms with Crippen molar-refractivity contribution < 1.29 is 4.79 Å². The molecular formula is C20H27ClN4O. The van der Waals surface area contributed by atoms with Gasteiger partial charge in [-0.3, -0.25) is 4.79 Å². The Bertz CT molecular complexity index is 726. The van der Waals surface area contributed by atoms with Gasteiger partial charge in [0.05, 0.1) is 0 Å². The van der Waals surface area contributed by atoms with Gasteiger partial charge in [-0.15, -0.1) is 0 Å². The maximum absolute atomic E-state index is 12.8. The predicted molar refractivity (Wildman–Crippen MR) is 105 cm³/mol. The smallest absolute Gasteiger partial charge is 0.253 e. The van der Waals surface area contributed by atoms with Crippen LogP contribution in [-0.2, 0) is 6.54 Å². The van der Waals surface area contributed by atoms with Gasteiger partial charge in [-0.05, 0) is 64.2 Å². The highest BCUT2D eigenvalue weighted by atomic mass is 35.5. The highest BCUT2D eigenvalue weighted by Gasteiger charge is 2.27. The monoisotopic (exact) mass is 374 g/mol. The minimum absolute atomic E-state index is 0.0806. The van der Waals surface area contributed by atoms with E-state index in [0.29, 0.717) is 16.5 Å². The van der Waals surface area contributed by atoms with Gasteiger partial charge in [-0.25, -0.2) is 4.98 Å². The first kappa shape index (κ1) is 18.9. The number of nitrogens with zero attached hydrogens (tertiary/aromatic N) is 4. The third-order valence-electron chi connectivity index (χ3n) is 4.92. The summed E-state index contributed by atoms with van der Waals surface area (Å²) < 4.78 is 2.25. The summed E-state index contributed by atoms with van der Waals surface area (Å²) in [6.45, 7) is 3.56. The van der Waals surface area contributed by atoms with Crippen LogP contribution < -0.4 is 0 Å². The molecule has 0 aliphatic carbocycles. The number of aryl methyl sites for hydroxylation is 1. The number of carbonyl (C=O) groups is 1. The van der Waals surface area contributed by atoms with Crippen LogP contribution >= 0.6 is 11.6 Å². The molecule has 0 unspecified atom stereocenters. The summed E-state index contributed by atoms with van der Waals surface area (Å²) in [4.78, 5) is 21.6. The maximum atomic E-state index is 12.8. The van der Waals surface area contributed by atoms with Gasteiger partial charge in [0.2, 0.25) is 0 Å². The average molecular weight is 375 g/mol. The molecule has 5 nitrogen and oxygen atoms in total. The Kier molecular flexibility index (Phi) is 6.33. The minimum atomic E-state index is 0.0806. The molecule has 1 atom stereocenters. The van der Waals surface area contributed by atoms with Crippen LogP contribution in [0.5, 0.6) is 0 Å². The third kappa shape index (κ3) is 4.65. The molecule has 1 aromatic carbocycles. The Morgan fingerprint density at radius 3 is 2.81 bits per heavy atom. The molecule has 1 aliphatic rings. The molecule has 140 valence electrons. The number of benzene rings is 1. The zero-order chi connectivity index (χ0) is 18.5. The SMILES string of the molecule is CN(C)CCCn1ccnc1[C@H]1CCCN(C(=O)c2ccc(Cl)cc2)C1. The van der Waals surface area contributed by atoms with Gasteiger partial charge in [0.1, 0.15) is 5.82 Å². The van der Waals surface area contributed by atoms with E-state index in [4.69, 9.17) is 11.6 Å². The molecule has 0 radical (unpaired) electrons. The molecule has 1 saturated heterocycles. The Labute approximate surface area is 160 Å². The number of likely N-dealkylation sites (tertiary alicyclic amines) is 1. The Balaban J connectivity index is 1.66. The van der Waals surface area contributed by atoms with Gasteiger partial charge in [-0.2, -0.15) is 0 Å². The molecule has 2 aromatic rings. The van der Waals surface area contributed by atoms with Gasteiger partial charge in [0.15, 0.2) is 0 Å². The van der Waals surface area contributed by atoms with Crippen molar-refractivity contribution in [2.75, 3.05) is 33.7 Å². The van der Waals surface area contributed by atoms with E-state index in [1.807, 2.05) is 11.1 Å². The zero-order valence-electron chi connectivity index (χ0n) is 15.6. The van der Waals surface area contributed by atoms with E-state index in [-0.39, 0.29) is 5.91 Å². The first-order valence-electron chi connectivity index (χ1n) is 9.25. The fourth-order valence-electron chi connectivity index (χ4n) is 3.57. The number of hydrogen-bond acceptors (Lipinski definition) is 3.